The van der Waals surface area contributed by atoms with E-state index >= 15 is 0 Å². The van der Waals surface area contributed by atoms with Crippen LogP contribution >= 0.6 is 6.49 Å². The fourth-order valence-corrected chi connectivity index (χ4v) is 4.25. The first-order valence-corrected chi connectivity index (χ1v) is 7.79. The van der Waals surface area contributed by atoms with Gasteiger partial charge < -0.3 is 9.05 Å². The minimum atomic E-state index is -2.10. The third kappa shape index (κ3) is 6.72. The van der Waals surface area contributed by atoms with E-state index < -0.39 is 6.49 Å². The van der Waals surface area contributed by atoms with Crippen LogP contribution in [0.2, 0.25) is 0 Å². The zero-order valence-electron chi connectivity index (χ0n) is 9.69. The van der Waals surface area contributed by atoms with E-state index in [1.807, 2.05) is 46.8 Å². The first-order valence-electron chi connectivity index (χ1n) is 4.96. The molecule has 0 fully saturated rings. The highest BCUT2D eigenvalue weighted by Gasteiger charge is 2.20. The Morgan fingerprint density at radius 1 is 1.14 bits per heavy atom. The average Bonchev–Trinajstić information content (AvgIpc) is 1.97. The minimum absolute atomic E-state index is 0.129. The van der Waals surface area contributed by atoms with E-state index in [0.29, 0.717) is 0 Å². The van der Waals surface area contributed by atoms with Gasteiger partial charge in [0.05, 0.1) is 12.2 Å². The second-order valence-corrected chi connectivity index (χ2v) is 7.35. The molecule has 0 saturated carbocycles. The Kier molecular flexibility index (Phi) is 6.88. The number of allylic oxidation sites excluding steroid dienone is 2. The van der Waals surface area contributed by atoms with Crippen LogP contribution in [0.15, 0.2) is 12.2 Å². The quantitative estimate of drug-likeness (QED) is 0.517. The summed E-state index contributed by atoms with van der Waals surface area (Å²) in [6.45, 7) is 7.82. The second-order valence-electron chi connectivity index (χ2n) is 3.67. The molecule has 0 aromatic heterocycles. The van der Waals surface area contributed by atoms with Crippen LogP contribution < -0.4 is 0 Å². The van der Waals surface area contributed by atoms with Gasteiger partial charge in [0, 0.05) is 6.16 Å². The summed E-state index contributed by atoms with van der Waals surface area (Å²) in [5, 5.41) is 0. The van der Waals surface area contributed by atoms with Crippen molar-refractivity contribution in [3.8, 4) is 0 Å². The number of hydrogen-bond acceptors (Lipinski definition) is 3. The van der Waals surface area contributed by atoms with Crippen molar-refractivity contribution in [2.75, 3.05) is 6.16 Å². The van der Waals surface area contributed by atoms with Crippen LogP contribution in [-0.2, 0) is 20.9 Å². The first-order chi connectivity index (χ1) is 6.39. The Labute approximate surface area is 92.9 Å². The van der Waals surface area contributed by atoms with E-state index in [1.165, 1.54) is 0 Å². The van der Waals surface area contributed by atoms with Crippen LogP contribution in [0, 0.1) is 0 Å². The maximum Gasteiger partial charge on any atom is 0.192 e. The lowest BCUT2D eigenvalue weighted by atomic mass is 10.5. The molecule has 0 radical (unpaired) electrons. The van der Waals surface area contributed by atoms with Crippen LogP contribution in [0.1, 0.15) is 34.6 Å². The van der Waals surface area contributed by atoms with E-state index in [0.717, 1.165) is 6.16 Å². The standard InChI is InChI=1S/C10H21O2PS/c1-6-7-8-13(14,11-9(2)3)12-10(4)5/h6-7,9-10H,8H2,1-5H3/b7-6+. The monoisotopic (exact) mass is 236 g/mol. The lowest BCUT2D eigenvalue weighted by molar-refractivity contribution is 0.176. The number of hydrogen-bond donors (Lipinski definition) is 0. The highest BCUT2D eigenvalue weighted by molar-refractivity contribution is 8.10. The summed E-state index contributed by atoms with van der Waals surface area (Å²) in [5.41, 5.74) is 0. The molecule has 0 N–H and O–H groups in total. The fourth-order valence-electron chi connectivity index (χ4n) is 0.988. The lowest BCUT2D eigenvalue weighted by Crippen LogP contribution is -2.09. The van der Waals surface area contributed by atoms with Gasteiger partial charge in [-0.1, -0.05) is 12.2 Å². The zero-order valence-corrected chi connectivity index (χ0v) is 11.4. The van der Waals surface area contributed by atoms with E-state index in [-0.39, 0.29) is 12.2 Å². The fraction of sp³-hybridized carbons (Fsp3) is 0.800. The topological polar surface area (TPSA) is 18.5 Å². The highest BCUT2D eigenvalue weighted by Crippen LogP contribution is 2.50. The molecule has 0 amide bonds. The molecule has 0 saturated heterocycles. The molecule has 4 heteroatoms. The summed E-state index contributed by atoms with van der Waals surface area (Å²) in [6, 6.07) is 0. The predicted octanol–water partition coefficient (Wildman–Crippen LogP) is 3.72. The summed E-state index contributed by atoms with van der Waals surface area (Å²) in [7, 11) is 0. The summed E-state index contributed by atoms with van der Waals surface area (Å²) in [4.78, 5) is 0. The number of rotatable bonds is 6. The van der Waals surface area contributed by atoms with Gasteiger partial charge in [-0.15, -0.1) is 0 Å². The lowest BCUT2D eigenvalue weighted by Gasteiger charge is -2.25. The molecular formula is C10H21O2PS. The van der Waals surface area contributed by atoms with Crippen molar-refractivity contribution in [3.63, 3.8) is 0 Å². The van der Waals surface area contributed by atoms with Crippen LogP contribution in [0.25, 0.3) is 0 Å². The molecule has 14 heavy (non-hydrogen) atoms. The van der Waals surface area contributed by atoms with Crippen molar-refractivity contribution in [2.45, 2.75) is 46.8 Å². The van der Waals surface area contributed by atoms with Crippen molar-refractivity contribution < 1.29 is 9.05 Å². The SMILES string of the molecule is C/C=C/CP(=S)(OC(C)C)OC(C)C. The maximum absolute atomic E-state index is 5.70. The van der Waals surface area contributed by atoms with Crippen molar-refractivity contribution in [1.82, 2.24) is 0 Å². The Bertz CT molecular complexity index is 210. The Balaban J connectivity index is 4.41. The largest absolute Gasteiger partial charge is 0.326 e. The third-order valence-electron chi connectivity index (χ3n) is 1.31. The van der Waals surface area contributed by atoms with E-state index in [2.05, 4.69) is 0 Å². The average molecular weight is 236 g/mol. The van der Waals surface area contributed by atoms with Crippen LogP contribution in [0.4, 0.5) is 0 Å². The van der Waals surface area contributed by atoms with Gasteiger partial charge >= 0.3 is 0 Å². The van der Waals surface area contributed by atoms with E-state index in [9.17, 15) is 0 Å². The van der Waals surface area contributed by atoms with Gasteiger partial charge in [-0.05, 0) is 46.4 Å². The maximum atomic E-state index is 5.70. The molecule has 0 aliphatic carbocycles. The summed E-state index contributed by atoms with van der Waals surface area (Å²) in [6.07, 6.45) is 4.98. The van der Waals surface area contributed by atoms with Crippen LogP contribution in [0.5, 0.6) is 0 Å². The third-order valence-corrected chi connectivity index (χ3v) is 4.41. The molecule has 0 atom stereocenters. The Morgan fingerprint density at radius 3 is 1.86 bits per heavy atom. The molecule has 0 bridgehead atoms. The molecule has 0 aliphatic heterocycles. The molecule has 0 aliphatic rings. The Hall–Kier alpha value is 0.310. The highest BCUT2D eigenvalue weighted by atomic mass is 32.5. The van der Waals surface area contributed by atoms with Gasteiger partial charge in [0.2, 0.25) is 0 Å². The van der Waals surface area contributed by atoms with Gasteiger partial charge in [0.25, 0.3) is 0 Å². The zero-order chi connectivity index (χ0) is 11.2. The molecule has 84 valence electrons. The molecule has 0 heterocycles. The van der Waals surface area contributed by atoms with Crippen molar-refractivity contribution in [2.24, 2.45) is 0 Å². The summed E-state index contributed by atoms with van der Waals surface area (Å²) >= 11 is 5.44. The van der Waals surface area contributed by atoms with Gasteiger partial charge in [-0.3, -0.25) is 0 Å². The second kappa shape index (κ2) is 6.73. The minimum Gasteiger partial charge on any atom is -0.326 e. The molecule has 0 aromatic rings. The predicted molar refractivity (Wildman–Crippen MR) is 66.4 cm³/mol. The molecule has 0 aromatic carbocycles. The molecule has 0 unspecified atom stereocenters. The van der Waals surface area contributed by atoms with Crippen molar-refractivity contribution in [3.05, 3.63) is 12.2 Å². The smallest absolute Gasteiger partial charge is 0.192 e. The van der Waals surface area contributed by atoms with Crippen LogP contribution in [-0.4, -0.2) is 18.4 Å². The van der Waals surface area contributed by atoms with Gasteiger partial charge in [0.1, 0.15) is 0 Å². The van der Waals surface area contributed by atoms with Crippen molar-refractivity contribution >= 4 is 18.3 Å². The van der Waals surface area contributed by atoms with Crippen LogP contribution in [0.3, 0.4) is 0 Å². The van der Waals surface area contributed by atoms with Crippen molar-refractivity contribution in [1.29, 1.82) is 0 Å². The normalized spacial score (nSPS) is 13.4. The van der Waals surface area contributed by atoms with E-state index in [4.69, 9.17) is 20.9 Å². The van der Waals surface area contributed by atoms with E-state index in [1.54, 1.807) is 0 Å². The summed E-state index contributed by atoms with van der Waals surface area (Å²) < 4.78 is 11.4. The summed E-state index contributed by atoms with van der Waals surface area (Å²) in [5.74, 6) is 0. The van der Waals surface area contributed by atoms with Gasteiger partial charge in [-0.2, -0.15) is 0 Å². The van der Waals surface area contributed by atoms with Gasteiger partial charge in [0.15, 0.2) is 6.49 Å². The molecule has 2 nitrogen and oxygen atoms in total. The molecular weight excluding hydrogens is 215 g/mol. The first kappa shape index (κ1) is 14.3. The Morgan fingerprint density at radius 2 is 1.57 bits per heavy atom. The molecule has 0 rings (SSSR count). The molecule has 0 spiro atoms. The van der Waals surface area contributed by atoms with Gasteiger partial charge in [-0.25, -0.2) is 0 Å².